The van der Waals surface area contributed by atoms with Crippen LogP contribution in [0.15, 0.2) is 48.5 Å². The van der Waals surface area contributed by atoms with Gasteiger partial charge in [0.2, 0.25) is 0 Å². The van der Waals surface area contributed by atoms with Crippen LogP contribution in [0.5, 0.6) is 0 Å². The molecule has 0 spiro atoms. The molecule has 0 unspecified atom stereocenters. The van der Waals surface area contributed by atoms with E-state index in [1.165, 1.54) is 6.07 Å². The molecule has 3 nitrogen and oxygen atoms in total. The van der Waals surface area contributed by atoms with Gasteiger partial charge < -0.3 is 5.11 Å². The monoisotopic (exact) mass is 389 g/mol. The second-order valence-corrected chi connectivity index (χ2v) is 7.71. The summed E-state index contributed by atoms with van der Waals surface area (Å²) in [6.07, 6.45) is -0.621. The number of aliphatic hydroxyl groups is 1. The Bertz CT molecular complexity index is 905. The minimum absolute atomic E-state index is 0.349. The number of aryl methyl sites for hydroxylation is 1. The van der Waals surface area contributed by atoms with Crippen LogP contribution in [0.1, 0.15) is 42.4 Å². The molecule has 2 heterocycles. The van der Waals surface area contributed by atoms with Gasteiger partial charge in [-0.1, -0.05) is 35.9 Å². The van der Waals surface area contributed by atoms with E-state index < -0.39 is 17.5 Å². The summed E-state index contributed by atoms with van der Waals surface area (Å²) in [5.74, 6) is 0.903. The number of anilines is 1. The fourth-order valence-corrected chi connectivity index (χ4v) is 4.25. The average Bonchev–Trinajstić information content (AvgIpc) is 2.78. The molecule has 1 atom stereocenters. The lowest BCUT2D eigenvalue weighted by Gasteiger charge is -2.29. The molecule has 0 aliphatic carbocycles. The molecule has 0 bridgehead atoms. The van der Waals surface area contributed by atoms with Gasteiger partial charge >= 0.3 is 6.18 Å². The number of nitrogens with zero attached hydrogens (tertiary/aromatic N) is 2. The number of halogens is 3. The van der Waals surface area contributed by atoms with Crippen LogP contribution in [0.4, 0.5) is 18.9 Å². The first kappa shape index (κ1) is 19.0. The highest BCUT2D eigenvalue weighted by molar-refractivity contribution is 5.97. The van der Waals surface area contributed by atoms with Crippen molar-refractivity contribution >= 4 is 11.5 Å². The van der Waals surface area contributed by atoms with Crippen molar-refractivity contribution < 1.29 is 22.9 Å². The van der Waals surface area contributed by atoms with Crippen LogP contribution >= 0.6 is 0 Å². The number of hydrogen-bond donors (Lipinski definition) is 1. The normalized spacial score (nSPS) is 23.0. The van der Waals surface area contributed by atoms with E-state index in [1.54, 1.807) is 11.0 Å². The average molecular weight is 389 g/mol. The van der Waals surface area contributed by atoms with Gasteiger partial charge in [-0.2, -0.15) is 18.1 Å². The number of hydrogen-bond acceptors (Lipinski definition) is 2. The largest absolute Gasteiger partial charge is 0.416 e. The second-order valence-electron chi connectivity index (χ2n) is 7.71. The van der Waals surface area contributed by atoms with E-state index >= 15 is 0 Å². The highest BCUT2D eigenvalue weighted by atomic mass is 19.4. The Balaban J connectivity index is 1.85. The lowest BCUT2D eigenvalue weighted by molar-refractivity contribution is -0.534. The van der Waals surface area contributed by atoms with Crippen LogP contribution in [0.25, 0.3) is 0 Å². The van der Waals surface area contributed by atoms with Gasteiger partial charge in [0.25, 0.3) is 11.6 Å². The van der Waals surface area contributed by atoms with E-state index in [-0.39, 0.29) is 0 Å². The summed E-state index contributed by atoms with van der Waals surface area (Å²) >= 11 is 0. The Kier molecular flexibility index (Phi) is 4.70. The Hall–Kier alpha value is -2.34. The van der Waals surface area contributed by atoms with Crippen molar-refractivity contribution in [2.75, 3.05) is 18.0 Å². The maximum absolute atomic E-state index is 13.3. The topological polar surface area (TPSA) is 26.5 Å². The predicted octanol–water partition coefficient (Wildman–Crippen LogP) is 4.66. The fraction of sp³-hybridized carbons (Fsp3) is 0.409. The van der Waals surface area contributed by atoms with Crippen molar-refractivity contribution in [1.82, 2.24) is 0 Å². The van der Waals surface area contributed by atoms with Crippen LogP contribution < -0.4 is 4.90 Å². The van der Waals surface area contributed by atoms with Crippen LogP contribution in [0, 0.1) is 6.92 Å². The van der Waals surface area contributed by atoms with Gasteiger partial charge in [0.05, 0.1) is 12.1 Å². The lowest BCUT2D eigenvalue weighted by Crippen LogP contribution is -2.47. The van der Waals surface area contributed by atoms with Crippen molar-refractivity contribution in [3.63, 3.8) is 0 Å². The molecule has 0 aromatic heterocycles. The summed E-state index contributed by atoms with van der Waals surface area (Å²) in [5.41, 5.74) is 0.0281. The quantitative estimate of drug-likeness (QED) is 0.756. The molecule has 0 amide bonds. The zero-order chi connectivity index (χ0) is 19.9. The third-order valence-electron chi connectivity index (χ3n) is 5.68. The molecule has 2 aliphatic heterocycles. The molecule has 1 N–H and O–H groups in total. The Morgan fingerprint density at radius 3 is 2.50 bits per heavy atom. The number of benzene rings is 2. The minimum atomic E-state index is -4.43. The first-order valence-corrected chi connectivity index (χ1v) is 9.67. The van der Waals surface area contributed by atoms with Crippen LogP contribution in [-0.2, 0) is 11.9 Å². The molecule has 0 saturated carbocycles. The smallest absolute Gasteiger partial charge is 0.346 e. The standard InChI is InChI=1S/C22H24F3N2O/c1-16-9-11-17(12-10-16)21(28)15-26-13-4-2-3-8-20(26)27(21)19-7-5-6-18(14-19)22(23,24)25/h5-7,9-12,14,28H,2-4,8,13,15H2,1H3/q+1/t21-/m1/s1. The molecule has 2 aromatic rings. The zero-order valence-corrected chi connectivity index (χ0v) is 15.8. The Labute approximate surface area is 162 Å². The maximum atomic E-state index is 13.3. The summed E-state index contributed by atoms with van der Waals surface area (Å²) in [4.78, 5) is 1.72. The molecule has 0 fully saturated rings. The molecule has 4 rings (SSSR count). The lowest BCUT2D eigenvalue weighted by atomic mass is 9.98. The van der Waals surface area contributed by atoms with E-state index in [0.717, 1.165) is 55.8 Å². The number of rotatable bonds is 2. The van der Waals surface area contributed by atoms with E-state index in [0.29, 0.717) is 17.8 Å². The highest BCUT2D eigenvalue weighted by Crippen LogP contribution is 2.40. The predicted molar refractivity (Wildman–Crippen MR) is 102 cm³/mol. The number of amidine groups is 1. The summed E-state index contributed by atoms with van der Waals surface area (Å²) in [7, 11) is 0. The second kappa shape index (κ2) is 6.92. The molecule has 2 aromatic carbocycles. The third-order valence-corrected chi connectivity index (χ3v) is 5.68. The van der Waals surface area contributed by atoms with Gasteiger partial charge in [0.15, 0.2) is 6.54 Å². The molecule has 0 saturated heterocycles. The first-order chi connectivity index (χ1) is 13.3. The molecular weight excluding hydrogens is 365 g/mol. The van der Waals surface area contributed by atoms with E-state index in [9.17, 15) is 18.3 Å². The number of alkyl halides is 3. The molecule has 6 heteroatoms. The summed E-state index contributed by atoms with van der Waals surface area (Å²) < 4.78 is 42.1. The zero-order valence-electron chi connectivity index (χ0n) is 15.8. The fourth-order valence-electron chi connectivity index (χ4n) is 4.25. The molecular formula is C22H24F3N2O+. The summed E-state index contributed by atoms with van der Waals surface area (Å²) in [5, 5.41) is 11.8. The van der Waals surface area contributed by atoms with Gasteiger partial charge in [0.1, 0.15) is 5.69 Å². The van der Waals surface area contributed by atoms with Crippen LogP contribution in [0.3, 0.4) is 0 Å². The Morgan fingerprint density at radius 2 is 1.79 bits per heavy atom. The van der Waals surface area contributed by atoms with Gasteiger partial charge in [-0.05, 0) is 44.4 Å². The first-order valence-electron chi connectivity index (χ1n) is 9.67. The molecule has 28 heavy (non-hydrogen) atoms. The van der Waals surface area contributed by atoms with Gasteiger partial charge in [-0.25, -0.2) is 0 Å². The van der Waals surface area contributed by atoms with Crippen molar-refractivity contribution in [2.24, 2.45) is 0 Å². The van der Waals surface area contributed by atoms with E-state index in [4.69, 9.17) is 0 Å². The molecule has 148 valence electrons. The summed E-state index contributed by atoms with van der Waals surface area (Å²) in [6.45, 7) is 3.12. The van der Waals surface area contributed by atoms with Gasteiger partial charge in [-0.3, -0.25) is 4.58 Å². The maximum Gasteiger partial charge on any atom is 0.416 e. The van der Waals surface area contributed by atoms with Gasteiger partial charge in [0, 0.05) is 12.0 Å². The van der Waals surface area contributed by atoms with Crippen LogP contribution in [-0.4, -0.2) is 28.6 Å². The molecule has 2 aliphatic rings. The molecule has 0 radical (unpaired) electrons. The van der Waals surface area contributed by atoms with E-state index in [1.807, 2.05) is 31.2 Å². The van der Waals surface area contributed by atoms with Crippen LogP contribution in [0.2, 0.25) is 0 Å². The SMILES string of the molecule is Cc1ccc([C@]2(O)C[N+]3=C(CCCCC3)N2c2cccc(C(F)(F)F)c2)cc1. The summed E-state index contributed by atoms with van der Waals surface area (Å²) in [6, 6.07) is 12.8. The van der Waals surface area contributed by atoms with Crippen molar-refractivity contribution in [3.8, 4) is 0 Å². The van der Waals surface area contributed by atoms with Crippen molar-refractivity contribution in [1.29, 1.82) is 0 Å². The third kappa shape index (κ3) is 3.30. The minimum Gasteiger partial charge on any atom is -0.346 e. The highest BCUT2D eigenvalue weighted by Gasteiger charge is 2.54. The Morgan fingerprint density at radius 1 is 1.04 bits per heavy atom. The van der Waals surface area contributed by atoms with E-state index in [2.05, 4.69) is 4.58 Å². The van der Waals surface area contributed by atoms with Crippen molar-refractivity contribution in [3.05, 3.63) is 65.2 Å². The van der Waals surface area contributed by atoms with Crippen molar-refractivity contribution in [2.45, 2.75) is 44.5 Å². The van der Waals surface area contributed by atoms with Gasteiger partial charge in [-0.15, -0.1) is 0 Å².